The molecule has 0 bridgehead atoms. The van der Waals surface area contributed by atoms with E-state index < -0.39 is 0 Å². The number of thioether (sulfide) groups is 1. The molecule has 0 aliphatic carbocycles. The summed E-state index contributed by atoms with van der Waals surface area (Å²) < 4.78 is 7.30. The zero-order valence-corrected chi connectivity index (χ0v) is 18.7. The van der Waals surface area contributed by atoms with Crippen molar-refractivity contribution in [3.63, 3.8) is 0 Å². The number of hydrogen-bond acceptors (Lipinski definition) is 5. The smallest absolute Gasteiger partial charge is 0.262 e. The molecule has 5 nitrogen and oxygen atoms in total. The minimum absolute atomic E-state index is 0.0251. The Morgan fingerprint density at radius 3 is 2.50 bits per heavy atom. The SMILES string of the molecule is Cc1ccc(C(=O)C(C)Sc2nc3ccccc3c(=O)n2CCCOC(C)C)cc1. The summed E-state index contributed by atoms with van der Waals surface area (Å²) in [6.45, 7) is 8.90. The lowest BCUT2D eigenvalue weighted by molar-refractivity contribution is 0.0743. The monoisotopic (exact) mass is 424 g/mol. The van der Waals surface area contributed by atoms with Crippen LogP contribution >= 0.6 is 11.8 Å². The van der Waals surface area contributed by atoms with Gasteiger partial charge in [0.15, 0.2) is 10.9 Å². The van der Waals surface area contributed by atoms with Gasteiger partial charge in [-0.15, -0.1) is 0 Å². The highest BCUT2D eigenvalue weighted by Crippen LogP contribution is 2.25. The first-order valence-electron chi connectivity index (χ1n) is 10.3. The molecule has 158 valence electrons. The van der Waals surface area contributed by atoms with Crippen molar-refractivity contribution in [2.45, 2.75) is 57.2 Å². The number of ether oxygens (including phenoxy) is 1. The van der Waals surface area contributed by atoms with Crippen molar-refractivity contribution in [2.75, 3.05) is 6.61 Å². The van der Waals surface area contributed by atoms with E-state index in [2.05, 4.69) is 0 Å². The largest absolute Gasteiger partial charge is 0.379 e. The highest BCUT2D eigenvalue weighted by atomic mass is 32.2. The maximum absolute atomic E-state index is 13.1. The third-order valence-electron chi connectivity index (χ3n) is 4.79. The lowest BCUT2D eigenvalue weighted by Gasteiger charge is -2.16. The lowest BCUT2D eigenvalue weighted by atomic mass is 10.1. The van der Waals surface area contributed by atoms with Crippen molar-refractivity contribution in [2.24, 2.45) is 0 Å². The average molecular weight is 425 g/mol. The van der Waals surface area contributed by atoms with Crippen LogP contribution in [0, 0.1) is 6.92 Å². The Morgan fingerprint density at radius 1 is 1.10 bits per heavy atom. The molecule has 0 aliphatic rings. The molecule has 0 aliphatic heterocycles. The zero-order chi connectivity index (χ0) is 21.7. The van der Waals surface area contributed by atoms with E-state index in [0.717, 1.165) is 5.56 Å². The van der Waals surface area contributed by atoms with Gasteiger partial charge in [-0.05, 0) is 46.2 Å². The fraction of sp³-hybridized carbons (Fsp3) is 0.375. The van der Waals surface area contributed by atoms with E-state index in [1.807, 2.05) is 70.2 Å². The lowest BCUT2D eigenvalue weighted by Crippen LogP contribution is -2.26. The van der Waals surface area contributed by atoms with E-state index in [9.17, 15) is 9.59 Å². The number of Topliss-reactive ketones (excluding diaryl/α,β-unsaturated/α-hetero) is 1. The summed E-state index contributed by atoms with van der Waals surface area (Å²) in [5.41, 5.74) is 2.35. The van der Waals surface area contributed by atoms with Crippen molar-refractivity contribution < 1.29 is 9.53 Å². The zero-order valence-electron chi connectivity index (χ0n) is 17.9. The Morgan fingerprint density at radius 2 is 1.80 bits per heavy atom. The number of carbonyl (C=O) groups is 1. The molecule has 1 atom stereocenters. The molecule has 0 fully saturated rings. The number of para-hydroxylation sites is 1. The molecule has 6 heteroatoms. The van der Waals surface area contributed by atoms with Crippen molar-refractivity contribution in [1.29, 1.82) is 0 Å². The second-order valence-electron chi connectivity index (χ2n) is 7.63. The number of fused-ring (bicyclic) bond motifs is 1. The number of hydrogen-bond donors (Lipinski definition) is 0. The second-order valence-corrected chi connectivity index (χ2v) is 8.94. The number of benzene rings is 2. The quantitative estimate of drug-likeness (QED) is 0.212. The fourth-order valence-corrected chi connectivity index (χ4v) is 4.15. The number of rotatable bonds is 9. The summed E-state index contributed by atoms with van der Waals surface area (Å²) in [7, 11) is 0. The molecule has 1 heterocycles. The van der Waals surface area contributed by atoms with Gasteiger partial charge in [-0.25, -0.2) is 4.98 Å². The molecule has 0 amide bonds. The van der Waals surface area contributed by atoms with Crippen molar-refractivity contribution >= 4 is 28.4 Å². The third-order valence-corrected chi connectivity index (χ3v) is 5.88. The van der Waals surface area contributed by atoms with Crippen molar-refractivity contribution in [3.05, 3.63) is 70.0 Å². The minimum Gasteiger partial charge on any atom is -0.379 e. The van der Waals surface area contributed by atoms with E-state index in [4.69, 9.17) is 9.72 Å². The van der Waals surface area contributed by atoms with Crippen LogP contribution in [-0.4, -0.2) is 33.3 Å². The summed E-state index contributed by atoms with van der Waals surface area (Å²) in [6, 6.07) is 14.9. The van der Waals surface area contributed by atoms with Gasteiger partial charge in [0.05, 0.1) is 22.3 Å². The molecule has 30 heavy (non-hydrogen) atoms. The van der Waals surface area contributed by atoms with E-state index >= 15 is 0 Å². The summed E-state index contributed by atoms with van der Waals surface area (Å²) >= 11 is 1.33. The van der Waals surface area contributed by atoms with Crippen LogP contribution < -0.4 is 5.56 Å². The molecule has 0 N–H and O–H groups in total. The summed E-state index contributed by atoms with van der Waals surface area (Å²) in [4.78, 5) is 30.7. The maximum Gasteiger partial charge on any atom is 0.262 e. The highest BCUT2D eigenvalue weighted by molar-refractivity contribution is 8.00. The van der Waals surface area contributed by atoms with Crippen LogP contribution in [0.15, 0.2) is 58.5 Å². The Kier molecular flexibility index (Phi) is 7.45. The maximum atomic E-state index is 13.1. The minimum atomic E-state index is -0.362. The van der Waals surface area contributed by atoms with Gasteiger partial charge in [0.1, 0.15) is 0 Å². The van der Waals surface area contributed by atoms with Gasteiger partial charge < -0.3 is 4.74 Å². The summed E-state index contributed by atoms with van der Waals surface area (Å²) in [6.07, 6.45) is 0.851. The Balaban J connectivity index is 1.88. The van der Waals surface area contributed by atoms with Crippen molar-refractivity contribution in [3.8, 4) is 0 Å². The first-order valence-corrected chi connectivity index (χ1v) is 11.1. The second kappa shape index (κ2) is 10.0. The predicted molar refractivity (Wildman–Crippen MR) is 123 cm³/mol. The topological polar surface area (TPSA) is 61.2 Å². The molecule has 0 spiro atoms. The number of aromatic nitrogens is 2. The molecule has 0 saturated carbocycles. The third kappa shape index (κ3) is 5.37. The number of carbonyl (C=O) groups excluding carboxylic acids is 1. The number of ketones is 1. The molecule has 3 aromatic rings. The van der Waals surface area contributed by atoms with Gasteiger partial charge >= 0.3 is 0 Å². The standard InChI is InChI=1S/C24H28N2O3S/c1-16(2)29-15-7-14-26-23(28)20-8-5-6-9-21(20)25-24(26)30-18(4)22(27)19-12-10-17(3)11-13-19/h5-6,8-13,16,18H,7,14-15H2,1-4H3. The van der Waals surface area contributed by atoms with E-state index in [1.165, 1.54) is 11.8 Å². The average Bonchev–Trinajstić information content (AvgIpc) is 2.72. The Hall–Kier alpha value is -2.44. The van der Waals surface area contributed by atoms with Crippen LogP contribution in [0.3, 0.4) is 0 Å². The van der Waals surface area contributed by atoms with Crippen LogP contribution in [0.1, 0.15) is 43.1 Å². The predicted octanol–water partition coefficient (Wildman–Crippen LogP) is 4.88. The van der Waals surface area contributed by atoms with Gasteiger partial charge in [0.25, 0.3) is 5.56 Å². The molecule has 2 aromatic carbocycles. The van der Waals surface area contributed by atoms with Crippen LogP contribution in [0.2, 0.25) is 0 Å². The van der Waals surface area contributed by atoms with Gasteiger partial charge in [0, 0.05) is 18.7 Å². The fourth-order valence-electron chi connectivity index (χ4n) is 3.14. The molecule has 0 saturated heterocycles. The Bertz CT molecular complexity index is 1070. The van der Waals surface area contributed by atoms with E-state index in [1.54, 1.807) is 10.6 Å². The van der Waals surface area contributed by atoms with Gasteiger partial charge in [-0.2, -0.15) is 0 Å². The molecule has 1 unspecified atom stereocenters. The normalized spacial score (nSPS) is 12.4. The molecular weight excluding hydrogens is 396 g/mol. The number of aryl methyl sites for hydroxylation is 1. The highest BCUT2D eigenvalue weighted by Gasteiger charge is 2.20. The van der Waals surface area contributed by atoms with Gasteiger partial charge in [-0.1, -0.05) is 53.7 Å². The van der Waals surface area contributed by atoms with Gasteiger partial charge in [0.2, 0.25) is 0 Å². The van der Waals surface area contributed by atoms with Crippen LogP contribution in [-0.2, 0) is 11.3 Å². The first-order chi connectivity index (χ1) is 14.4. The molecule has 0 radical (unpaired) electrons. The van der Waals surface area contributed by atoms with E-state index in [-0.39, 0.29) is 22.7 Å². The van der Waals surface area contributed by atoms with E-state index in [0.29, 0.717) is 41.2 Å². The molecule has 1 aromatic heterocycles. The summed E-state index contributed by atoms with van der Waals surface area (Å²) in [5.74, 6) is 0.0251. The van der Waals surface area contributed by atoms with Crippen LogP contribution in [0.25, 0.3) is 10.9 Å². The first kappa shape index (κ1) is 22.2. The van der Waals surface area contributed by atoms with Crippen LogP contribution in [0.5, 0.6) is 0 Å². The van der Waals surface area contributed by atoms with Gasteiger partial charge in [-0.3, -0.25) is 14.2 Å². The summed E-state index contributed by atoms with van der Waals surface area (Å²) in [5, 5.41) is 0.791. The number of nitrogens with zero attached hydrogens (tertiary/aromatic N) is 2. The van der Waals surface area contributed by atoms with Crippen LogP contribution in [0.4, 0.5) is 0 Å². The molecule has 3 rings (SSSR count). The van der Waals surface area contributed by atoms with Crippen molar-refractivity contribution in [1.82, 2.24) is 9.55 Å². The Labute approximate surface area is 181 Å². The molecular formula is C24H28N2O3S.